The van der Waals surface area contributed by atoms with Gasteiger partial charge in [-0.2, -0.15) is 0 Å². The first-order valence-corrected chi connectivity index (χ1v) is 3.93. The first kappa shape index (κ1) is 8.71. The van der Waals surface area contributed by atoms with Gasteiger partial charge in [-0.1, -0.05) is 13.8 Å². The highest BCUT2D eigenvalue weighted by molar-refractivity contribution is 6.04. The van der Waals surface area contributed by atoms with Gasteiger partial charge < -0.3 is 15.8 Å². The fourth-order valence-corrected chi connectivity index (χ4v) is 1.05. The number of aromatic nitrogens is 1. The van der Waals surface area contributed by atoms with Gasteiger partial charge in [0.05, 0.1) is 5.69 Å². The lowest BCUT2D eigenvalue weighted by molar-refractivity contribution is 0.877. The summed E-state index contributed by atoms with van der Waals surface area (Å²) >= 11 is 0. The van der Waals surface area contributed by atoms with Crippen LogP contribution < -0.4 is 0 Å². The molecule has 0 radical (unpaired) electrons. The molecule has 3 nitrogen and oxygen atoms in total. The second-order valence-electron chi connectivity index (χ2n) is 3.02. The van der Waals surface area contributed by atoms with Crippen LogP contribution in [0.25, 0.3) is 0 Å². The Balaban J connectivity index is 3.01. The molecule has 0 unspecified atom stereocenters. The summed E-state index contributed by atoms with van der Waals surface area (Å²) in [5.74, 6) is 0.208. The average Bonchev–Trinajstić information content (AvgIpc) is 2.49. The highest BCUT2D eigenvalue weighted by Crippen LogP contribution is 2.10. The van der Waals surface area contributed by atoms with E-state index in [9.17, 15) is 0 Å². The van der Waals surface area contributed by atoms with Crippen LogP contribution in [0, 0.1) is 16.7 Å². The Kier molecular flexibility index (Phi) is 2.43. The molecule has 1 heterocycles. The number of H-pyrrole nitrogens is 1. The van der Waals surface area contributed by atoms with Crippen LogP contribution in [0.1, 0.15) is 25.1 Å². The van der Waals surface area contributed by atoms with Crippen LogP contribution in [-0.2, 0) is 0 Å². The standard InChI is InChI=1S/C9H13N3/c1-6(2)9(11)7-3-4-12-8(7)5-10/h3-6,10-12H,1-2H3. The Morgan fingerprint density at radius 1 is 1.58 bits per heavy atom. The van der Waals surface area contributed by atoms with E-state index in [2.05, 4.69) is 4.98 Å². The molecule has 0 aliphatic rings. The Labute approximate surface area is 71.8 Å². The summed E-state index contributed by atoms with van der Waals surface area (Å²) in [4.78, 5) is 2.91. The molecular formula is C9H13N3. The molecule has 12 heavy (non-hydrogen) atoms. The van der Waals surface area contributed by atoms with E-state index in [1.54, 1.807) is 6.20 Å². The molecule has 0 spiro atoms. The highest BCUT2D eigenvalue weighted by atomic mass is 14.7. The smallest absolute Gasteiger partial charge is 0.0650 e. The highest BCUT2D eigenvalue weighted by Gasteiger charge is 2.09. The number of hydrogen-bond donors (Lipinski definition) is 3. The summed E-state index contributed by atoms with van der Waals surface area (Å²) in [6.45, 7) is 3.95. The van der Waals surface area contributed by atoms with Gasteiger partial charge in [0.15, 0.2) is 0 Å². The van der Waals surface area contributed by atoms with Crippen LogP contribution in [0.4, 0.5) is 0 Å². The molecule has 0 aliphatic carbocycles. The molecular weight excluding hydrogens is 150 g/mol. The summed E-state index contributed by atoms with van der Waals surface area (Å²) < 4.78 is 0. The summed E-state index contributed by atoms with van der Waals surface area (Å²) in [6, 6.07) is 1.84. The molecule has 0 aliphatic heterocycles. The van der Waals surface area contributed by atoms with E-state index in [1.165, 1.54) is 6.21 Å². The first-order chi connectivity index (χ1) is 5.66. The van der Waals surface area contributed by atoms with E-state index in [1.807, 2.05) is 19.9 Å². The summed E-state index contributed by atoms with van der Waals surface area (Å²) in [5, 5.41) is 14.8. The molecule has 1 aromatic rings. The zero-order chi connectivity index (χ0) is 9.14. The Morgan fingerprint density at radius 2 is 2.25 bits per heavy atom. The zero-order valence-electron chi connectivity index (χ0n) is 7.31. The van der Waals surface area contributed by atoms with Crippen molar-refractivity contribution >= 4 is 11.9 Å². The average molecular weight is 163 g/mol. The van der Waals surface area contributed by atoms with Crippen LogP contribution >= 0.6 is 0 Å². The van der Waals surface area contributed by atoms with Gasteiger partial charge in [-0.15, -0.1) is 0 Å². The van der Waals surface area contributed by atoms with Crippen molar-refractivity contribution < 1.29 is 0 Å². The SMILES string of the molecule is CC(C)C(=N)c1cc[nH]c1C=N. The van der Waals surface area contributed by atoms with Crippen LogP contribution in [0.5, 0.6) is 0 Å². The van der Waals surface area contributed by atoms with E-state index in [-0.39, 0.29) is 5.92 Å². The molecule has 0 fully saturated rings. The lowest BCUT2D eigenvalue weighted by Crippen LogP contribution is -2.08. The fourth-order valence-electron chi connectivity index (χ4n) is 1.05. The minimum Gasteiger partial charge on any atom is -0.360 e. The maximum absolute atomic E-state index is 7.72. The van der Waals surface area contributed by atoms with Crippen LogP contribution in [-0.4, -0.2) is 16.9 Å². The van der Waals surface area contributed by atoms with Gasteiger partial charge in [-0.05, 0) is 12.0 Å². The lowest BCUT2D eigenvalue weighted by atomic mass is 10.0. The Hall–Kier alpha value is -1.38. The normalized spacial score (nSPS) is 10.2. The molecule has 0 bridgehead atoms. The van der Waals surface area contributed by atoms with Gasteiger partial charge in [0.1, 0.15) is 0 Å². The van der Waals surface area contributed by atoms with E-state index in [0.29, 0.717) is 11.4 Å². The first-order valence-electron chi connectivity index (χ1n) is 3.93. The lowest BCUT2D eigenvalue weighted by Gasteiger charge is -2.05. The molecule has 64 valence electrons. The van der Waals surface area contributed by atoms with E-state index in [0.717, 1.165) is 5.56 Å². The maximum Gasteiger partial charge on any atom is 0.0650 e. The van der Waals surface area contributed by atoms with Gasteiger partial charge in [0.25, 0.3) is 0 Å². The third-order valence-electron chi connectivity index (χ3n) is 1.79. The monoisotopic (exact) mass is 163 g/mol. The summed E-state index contributed by atoms with van der Waals surface area (Å²) in [6.07, 6.45) is 3.00. The van der Waals surface area contributed by atoms with Gasteiger partial charge in [-0.25, -0.2) is 0 Å². The molecule has 0 saturated carbocycles. The van der Waals surface area contributed by atoms with Crippen molar-refractivity contribution in [2.24, 2.45) is 5.92 Å². The molecule has 0 atom stereocenters. The topological polar surface area (TPSA) is 63.5 Å². The van der Waals surface area contributed by atoms with Crippen LogP contribution in [0.2, 0.25) is 0 Å². The number of rotatable bonds is 3. The molecule has 3 N–H and O–H groups in total. The summed E-state index contributed by atoms with van der Waals surface area (Å²) in [5.41, 5.74) is 2.13. The number of hydrogen-bond acceptors (Lipinski definition) is 2. The second kappa shape index (κ2) is 3.34. The van der Waals surface area contributed by atoms with Crippen molar-refractivity contribution in [3.05, 3.63) is 23.5 Å². The van der Waals surface area contributed by atoms with Gasteiger partial charge in [-0.3, -0.25) is 0 Å². The van der Waals surface area contributed by atoms with Crippen molar-refractivity contribution in [2.75, 3.05) is 0 Å². The molecule has 0 saturated heterocycles. The molecule has 1 rings (SSSR count). The number of aromatic amines is 1. The van der Waals surface area contributed by atoms with Crippen molar-refractivity contribution in [3.8, 4) is 0 Å². The Morgan fingerprint density at radius 3 is 2.75 bits per heavy atom. The molecule has 1 aromatic heterocycles. The van der Waals surface area contributed by atoms with Crippen molar-refractivity contribution in [3.63, 3.8) is 0 Å². The van der Waals surface area contributed by atoms with E-state index >= 15 is 0 Å². The predicted octanol–water partition coefficient (Wildman–Crippen LogP) is 2.04. The van der Waals surface area contributed by atoms with Crippen molar-refractivity contribution in [1.29, 1.82) is 10.8 Å². The van der Waals surface area contributed by atoms with E-state index < -0.39 is 0 Å². The zero-order valence-corrected chi connectivity index (χ0v) is 7.31. The molecule has 0 amide bonds. The Bertz CT molecular complexity index is 296. The van der Waals surface area contributed by atoms with Gasteiger partial charge >= 0.3 is 0 Å². The van der Waals surface area contributed by atoms with Crippen molar-refractivity contribution in [1.82, 2.24) is 4.98 Å². The third-order valence-corrected chi connectivity index (χ3v) is 1.79. The molecule has 3 heteroatoms. The maximum atomic E-state index is 7.72. The minimum absolute atomic E-state index is 0.208. The number of nitrogens with one attached hydrogen (secondary N) is 3. The largest absolute Gasteiger partial charge is 0.360 e. The molecule has 0 aromatic carbocycles. The fraction of sp³-hybridized carbons (Fsp3) is 0.333. The van der Waals surface area contributed by atoms with Crippen LogP contribution in [0.15, 0.2) is 12.3 Å². The van der Waals surface area contributed by atoms with E-state index in [4.69, 9.17) is 10.8 Å². The van der Waals surface area contributed by atoms with Gasteiger partial charge in [0.2, 0.25) is 0 Å². The third kappa shape index (κ3) is 1.44. The summed E-state index contributed by atoms with van der Waals surface area (Å²) in [7, 11) is 0. The quantitative estimate of drug-likeness (QED) is 0.571. The van der Waals surface area contributed by atoms with Crippen LogP contribution in [0.3, 0.4) is 0 Å². The second-order valence-corrected chi connectivity index (χ2v) is 3.02. The van der Waals surface area contributed by atoms with Gasteiger partial charge in [0, 0.05) is 23.7 Å². The van der Waals surface area contributed by atoms with Crippen molar-refractivity contribution in [2.45, 2.75) is 13.8 Å². The minimum atomic E-state index is 0.208. The predicted molar refractivity (Wildman–Crippen MR) is 50.3 cm³/mol.